The van der Waals surface area contributed by atoms with Crippen molar-refractivity contribution < 1.29 is 42.1 Å². The number of nitrogens with zero attached hydrogens (tertiary/aromatic N) is 1. The first-order chi connectivity index (χ1) is 42.0. The number of esters is 2. The summed E-state index contributed by atoms with van der Waals surface area (Å²) in [4.78, 5) is 35.9. The van der Waals surface area contributed by atoms with E-state index in [4.69, 9.17) is 18.5 Å². The lowest BCUT2D eigenvalue weighted by Crippen LogP contribution is -2.37. The van der Waals surface area contributed by atoms with Gasteiger partial charge in [0.05, 0.1) is 27.7 Å². The highest BCUT2D eigenvalue weighted by atomic mass is 31.2. The lowest BCUT2D eigenvalue weighted by atomic mass is 10.0. The predicted molar refractivity (Wildman–Crippen MR) is 372 cm³/mol. The maximum Gasteiger partial charge on any atom is 0.472 e. The Hall–Kier alpha value is -2.81. The minimum absolute atomic E-state index is 0.0315. The first kappa shape index (κ1) is 83.2. The molecule has 10 heteroatoms. The summed E-state index contributed by atoms with van der Waals surface area (Å²) in [6, 6.07) is 0. The zero-order valence-electron chi connectivity index (χ0n) is 57.0. The Morgan fingerprint density at radius 1 is 0.372 bits per heavy atom. The number of rotatable bonds is 67. The first-order valence-corrected chi connectivity index (χ1v) is 37.8. The van der Waals surface area contributed by atoms with Crippen LogP contribution >= 0.6 is 7.82 Å². The fourth-order valence-electron chi connectivity index (χ4n) is 10.4. The maximum atomic E-state index is 12.9. The molecule has 0 aliphatic rings. The monoisotopic (exact) mass is 1230 g/mol. The summed E-state index contributed by atoms with van der Waals surface area (Å²) < 4.78 is 34.8. The highest BCUT2D eigenvalue weighted by molar-refractivity contribution is 7.47. The molecule has 500 valence electrons. The van der Waals surface area contributed by atoms with Gasteiger partial charge in [0.2, 0.25) is 0 Å². The van der Waals surface area contributed by atoms with E-state index in [1.54, 1.807) is 0 Å². The average molecular weight is 1230 g/mol. The van der Waals surface area contributed by atoms with Gasteiger partial charge in [0.1, 0.15) is 19.8 Å². The molecule has 0 fully saturated rings. The van der Waals surface area contributed by atoms with Crippen molar-refractivity contribution in [1.29, 1.82) is 0 Å². The smallest absolute Gasteiger partial charge is 0.462 e. The number of phosphoric ester groups is 1. The molecule has 0 amide bonds. The van der Waals surface area contributed by atoms with E-state index in [2.05, 4.69) is 98.9 Å². The van der Waals surface area contributed by atoms with Gasteiger partial charge in [-0.25, -0.2) is 4.57 Å². The molecule has 0 spiro atoms. The van der Waals surface area contributed by atoms with E-state index in [1.165, 1.54) is 231 Å². The van der Waals surface area contributed by atoms with Crippen LogP contribution in [0.2, 0.25) is 0 Å². The van der Waals surface area contributed by atoms with Crippen molar-refractivity contribution in [2.24, 2.45) is 0 Å². The molecule has 0 heterocycles. The van der Waals surface area contributed by atoms with Gasteiger partial charge in [-0.2, -0.15) is 0 Å². The number of hydrogen-bond acceptors (Lipinski definition) is 7. The summed E-state index contributed by atoms with van der Waals surface area (Å²) in [5.74, 6) is -0.784. The van der Waals surface area contributed by atoms with Crippen LogP contribution in [0.15, 0.2) is 85.1 Å². The second-order valence-electron chi connectivity index (χ2n) is 25.6. The normalized spacial score (nSPS) is 13.6. The van der Waals surface area contributed by atoms with E-state index >= 15 is 0 Å². The van der Waals surface area contributed by atoms with Crippen LogP contribution in [0.4, 0.5) is 0 Å². The van der Waals surface area contributed by atoms with E-state index < -0.39 is 26.5 Å². The van der Waals surface area contributed by atoms with Crippen molar-refractivity contribution >= 4 is 19.8 Å². The zero-order valence-corrected chi connectivity index (χ0v) is 57.9. The third-order valence-electron chi connectivity index (χ3n) is 15.9. The van der Waals surface area contributed by atoms with Gasteiger partial charge in [0, 0.05) is 12.8 Å². The molecule has 0 aliphatic carbocycles. The molecule has 0 saturated heterocycles. The van der Waals surface area contributed by atoms with Gasteiger partial charge in [-0.1, -0.05) is 317 Å². The standard InChI is InChI=1S/C76H138NO8P/c1-6-8-10-12-14-16-18-20-22-24-26-28-30-32-33-34-35-36-37-38-39-40-41-42-43-45-47-49-51-53-55-57-59-61-63-65-67-69-76(79)85-74(73-84-86(80,81)83-71-70-77(3,4)5)72-82-75(78)68-66-64-62-60-58-56-54-52-50-48-46-44-31-29-27-25-23-21-19-17-15-13-11-9-7-2/h8,10,14,16,19-22,25-28,32-33,74H,6-7,9,11-13,15,17-18,23-24,29-31,34-73H2,1-5H3/p+1/b10-8-,16-14-,21-19-,22-20-,27-25-,28-26-,33-32-. The third kappa shape index (κ3) is 70.3. The minimum atomic E-state index is -4.39. The van der Waals surface area contributed by atoms with Crippen LogP contribution in [-0.2, 0) is 32.7 Å². The van der Waals surface area contributed by atoms with E-state index in [9.17, 15) is 19.0 Å². The van der Waals surface area contributed by atoms with E-state index in [0.29, 0.717) is 17.4 Å². The largest absolute Gasteiger partial charge is 0.472 e. The maximum absolute atomic E-state index is 12.9. The fourth-order valence-corrected chi connectivity index (χ4v) is 11.1. The molecule has 0 bridgehead atoms. The quantitative estimate of drug-likeness (QED) is 0.0211. The molecule has 2 unspecified atom stereocenters. The summed E-state index contributed by atoms with van der Waals surface area (Å²) >= 11 is 0. The molecular formula is C76H139NO8P+. The summed E-state index contributed by atoms with van der Waals surface area (Å²) in [6.07, 6.45) is 91.3. The zero-order chi connectivity index (χ0) is 62.6. The molecular weight excluding hydrogens is 1090 g/mol. The van der Waals surface area contributed by atoms with Gasteiger partial charge >= 0.3 is 19.8 Å². The minimum Gasteiger partial charge on any atom is -0.462 e. The van der Waals surface area contributed by atoms with Crippen molar-refractivity contribution in [3.63, 3.8) is 0 Å². The summed E-state index contributed by atoms with van der Waals surface area (Å²) in [5, 5.41) is 0. The SMILES string of the molecule is CC/C=C\C/C=C\C/C=C\C/C=C\C/C=C\CCCCCCCCCCCCCCCCCCCCCCCC(=O)OC(COC(=O)CCCCCCCCCCCCCCC/C=C\C/C=C\CCCCCCC)COP(=O)(O)OCC[N+](C)(C)C. The van der Waals surface area contributed by atoms with Gasteiger partial charge in [-0.05, 0) is 89.9 Å². The molecule has 9 nitrogen and oxygen atoms in total. The number of carbonyl (C=O) groups is 2. The third-order valence-corrected chi connectivity index (χ3v) is 16.9. The van der Waals surface area contributed by atoms with Gasteiger partial charge in [-0.15, -0.1) is 0 Å². The van der Waals surface area contributed by atoms with Crippen molar-refractivity contribution in [2.75, 3.05) is 47.5 Å². The Kier molecular flexibility index (Phi) is 64.4. The molecule has 0 aromatic carbocycles. The van der Waals surface area contributed by atoms with Gasteiger partial charge in [0.25, 0.3) is 0 Å². The van der Waals surface area contributed by atoms with Crippen LogP contribution in [-0.4, -0.2) is 74.9 Å². The van der Waals surface area contributed by atoms with Crippen molar-refractivity contribution in [3.8, 4) is 0 Å². The van der Waals surface area contributed by atoms with Crippen molar-refractivity contribution in [3.05, 3.63) is 85.1 Å². The van der Waals surface area contributed by atoms with Gasteiger partial charge in [0.15, 0.2) is 6.10 Å². The lowest BCUT2D eigenvalue weighted by molar-refractivity contribution is -0.870. The molecule has 0 aromatic heterocycles. The predicted octanol–water partition coefficient (Wildman–Crippen LogP) is 23.7. The van der Waals surface area contributed by atoms with Crippen LogP contribution in [0, 0.1) is 0 Å². The molecule has 86 heavy (non-hydrogen) atoms. The highest BCUT2D eigenvalue weighted by Crippen LogP contribution is 2.43. The Bertz CT molecular complexity index is 1730. The van der Waals surface area contributed by atoms with Crippen molar-refractivity contribution in [1.82, 2.24) is 0 Å². The number of ether oxygens (including phenoxy) is 2. The Balaban J connectivity index is 3.98. The molecule has 0 aromatic rings. The topological polar surface area (TPSA) is 108 Å². The molecule has 2 atom stereocenters. The van der Waals surface area contributed by atoms with Crippen LogP contribution in [0.3, 0.4) is 0 Å². The first-order valence-electron chi connectivity index (χ1n) is 36.3. The molecule has 1 N–H and O–H groups in total. The number of unbranched alkanes of at least 4 members (excludes halogenated alkanes) is 39. The van der Waals surface area contributed by atoms with Crippen LogP contribution in [0.25, 0.3) is 0 Å². The Labute approximate surface area is 532 Å². The summed E-state index contributed by atoms with van der Waals surface area (Å²) in [5.41, 5.74) is 0. The van der Waals surface area contributed by atoms with Crippen LogP contribution < -0.4 is 0 Å². The van der Waals surface area contributed by atoms with Gasteiger partial charge in [-0.3, -0.25) is 18.6 Å². The number of likely N-dealkylation sites (N-methyl/N-ethyl adjacent to an activating group) is 1. The van der Waals surface area contributed by atoms with Gasteiger partial charge < -0.3 is 18.9 Å². The number of phosphoric acid groups is 1. The molecule has 0 radical (unpaired) electrons. The molecule has 0 saturated carbocycles. The lowest BCUT2D eigenvalue weighted by Gasteiger charge is -2.24. The summed E-state index contributed by atoms with van der Waals surface area (Å²) in [6.45, 7) is 4.35. The molecule has 0 rings (SSSR count). The molecule has 0 aliphatic heterocycles. The fraction of sp³-hybridized carbons (Fsp3) is 0.789. The summed E-state index contributed by atoms with van der Waals surface area (Å²) in [7, 11) is 1.49. The number of quaternary nitrogens is 1. The number of allylic oxidation sites excluding steroid dienone is 14. The Morgan fingerprint density at radius 3 is 0.988 bits per heavy atom. The number of carbonyl (C=O) groups excluding carboxylic acids is 2. The van der Waals surface area contributed by atoms with E-state index in [-0.39, 0.29) is 32.0 Å². The number of hydrogen-bond donors (Lipinski definition) is 1. The highest BCUT2D eigenvalue weighted by Gasteiger charge is 2.27. The van der Waals surface area contributed by atoms with Crippen LogP contribution in [0.5, 0.6) is 0 Å². The average Bonchev–Trinajstić information content (AvgIpc) is 3.67. The second kappa shape index (κ2) is 66.6. The van der Waals surface area contributed by atoms with Crippen LogP contribution in [0.1, 0.15) is 335 Å². The second-order valence-corrected chi connectivity index (χ2v) is 27.0. The van der Waals surface area contributed by atoms with E-state index in [1.807, 2.05) is 21.1 Å². The van der Waals surface area contributed by atoms with Crippen molar-refractivity contribution in [2.45, 2.75) is 341 Å². The Morgan fingerprint density at radius 2 is 0.663 bits per heavy atom. The van der Waals surface area contributed by atoms with E-state index in [0.717, 1.165) is 70.6 Å².